The van der Waals surface area contributed by atoms with Crippen LogP contribution in [0.25, 0.3) is 0 Å². The Balaban J connectivity index is 1.31. The van der Waals surface area contributed by atoms with Crippen LogP contribution in [0, 0.1) is 0 Å². The van der Waals surface area contributed by atoms with E-state index in [-0.39, 0.29) is 17.8 Å². The lowest BCUT2D eigenvalue weighted by atomic mass is 10.1. The molecule has 2 heterocycles. The van der Waals surface area contributed by atoms with Crippen molar-refractivity contribution in [1.82, 2.24) is 9.80 Å². The van der Waals surface area contributed by atoms with Crippen molar-refractivity contribution in [3.63, 3.8) is 0 Å². The number of nitrogens with zero attached hydrogens (tertiary/aromatic N) is 3. The molecule has 3 aromatic rings. The van der Waals surface area contributed by atoms with E-state index in [1.807, 2.05) is 59.5 Å². The molecule has 5 rings (SSSR count). The third kappa shape index (κ3) is 6.36. The van der Waals surface area contributed by atoms with Crippen LogP contribution in [0.1, 0.15) is 40.0 Å². The lowest BCUT2D eigenvalue weighted by Gasteiger charge is -2.27. The number of likely N-dealkylation sites (tertiary alicyclic amines) is 1. The lowest BCUT2D eigenvalue weighted by Crippen LogP contribution is -2.38. The van der Waals surface area contributed by atoms with Gasteiger partial charge < -0.3 is 30.1 Å². The highest BCUT2D eigenvalue weighted by Crippen LogP contribution is 2.29. The van der Waals surface area contributed by atoms with E-state index in [0.717, 1.165) is 43.8 Å². The van der Waals surface area contributed by atoms with Gasteiger partial charge in [-0.2, -0.15) is 0 Å². The smallest absolute Gasteiger partial charge is 0.321 e. The molecule has 0 saturated carbocycles. The molecule has 2 fully saturated rings. The van der Waals surface area contributed by atoms with Gasteiger partial charge in [0, 0.05) is 61.9 Å². The number of nitrogens with one attached hydrogen (secondary N) is 2. The zero-order valence-electron chi connectivity index (χ0n) is 22.8. The molecule has 9 nitrogen and oxygen atoms in total. The molecule has 0 atom stereocenters. The van der Waals surface area contributed by atoms with E-state index in [1.54, 1.807) is 30.2 Å². The Kier molecular flexibility index (Phi) is 8.49. The monoisotopic (exact) mass is 541 g/mol. The number of urea groups is 1. The zero-order valence-corrected chi connectivity index (χ0v) is 22.8. The molecule has 2 aliphatic heterocycles. The van der Waals surface area contributed by atoms with Crippen molar-refractivity contribution in [2.24, 2.45) is 0 Å². The zero-order chi connectivity index (χ0) is 27.9. The van der Waals surface area contributed by atoms with E-state index in [4.69, 9.17) is 4.74 Å². The van der Waals surface area contributed by atoms with Gasteiger partial charge in [0.05, 0.1) is 12.7 Å². The number of hydrogen-bond acceptors (Lipinski definition) is 5. The van der Waals surface area contributed by atoms with Crippen LogP contribution in [0.15, 0.2) is 72.8 Å². The van der Waals surface area contributed by atoms with Gasteiger partial charge in [-0.25, -0.2) is 4.79 Å². The largest absolute Gasteiger partial charge is 0.497 e. The van der Waals surface area contributed by atoms with E-state index < -0.39 is 0 Å². The molecule has 0 radical (unpaired) electrons. The Bertz CT molecular complexity index is 1340. The minimum atomic E-state index is -0.221. The molecule has 2 aliphatic rings. The van der Waals surface area contributed by atoms with Crippen LogP contribution in [0.2, 0.25) is 0 Å². The van der Waals surface area contributed by atoms with Gasteiger partial charge in [0.2, 0.25) is 0 Å². The molecule has 40 heavy (non-hydrogen) atoms. The lowest BCUT2D eigenvalue weighted by molar-refractivity contribution is 0.0793. The van der Waals surface area contributed by atoms with Gasteiger partial charge in [0.1, 0.15) is 5.75 Å². The molecule has 0 unspecified atom stereocenters. The van der Waals surface area contributed by atoms with Crippen molar-refractivity contribution in [2.75, 3.05) is 61.9 Å². The second-order valence-electron chi connectivity index (χ2n) is 10.0. The SMILES string of the molecule is COc1ccc(NC(=O)N2CCCN(c3ccc(NC(=O)c4ccccc4)cc3C(=O)N3CCCC3)CC2)cc1. The van der Waals surface area contributed by atoms with E-state index in [0.29, 0.717) is 48.7 Å². The van der Waals surface area contributed by atoms with Crippen molar-refractivity contribution in [1.29, 1.82) is 0 Å². The molecule has 0 bridgehead atoms. The molecular weight excluding hydrogens is 506 g/mol. The normalized spacial score (nSPS) is 15.4. The van der Waals surface area contributed by atoms with Crippen LogP contribution in [0.5, 0.6) is 5.75 Å². The molecular formula is C31H35N5O4. The van der Waals surface area contributed by atoms with Crippen molar-refractivity contribution < 1.29 is 19.1 Å². The highest BCUT2D eigenvalue weighted by molar-refractivity contribution is 6.06. The van der Waals surface area contributed by atoms with Crippen LogP contribution < -0.4 is 20.3 Å². The second-order valence-corrected chi connectivity index (χ2v) is 10.0. The molecule has 2 saturated heterocycles. The van der Waals surface area contributed by atoms with Crippen LogP contribution >= 0.6 is 0 Å². The first-order chi connectivity index (χ1) is 19.5. The number of rotatable bonds is 6. The fourth-order valence-electron chi connectivity index (χ4n) is 5.18. The summed E-state index contributed by atoms with van der Waals surface area (Å²) in [4.78, 5) is 45.3. The number of anilines is 3. The number of benzene rings is 3. The van der Waals surface area contributed by atoms with E-state index in [2.05, 4.69) is 15.5 Å². The van der Waals surface area contributed by atoms with E-state index in [1.165, 1.54) is 0 Å². The third-order valence-corrected chi connectivity index (χ3v) is 7.38. The number of carbonyl (C=O) groups excluding carboxylic acids is 3. The quantitative estimate of drug-likeness (QED) is 0.462. The summed E-state index contributed by atoms with van der Waals surface area (Å²) in [5.41, 5.74) is 3.24. The molecule has 3 aromatic carbocycles. The number of hydrogen-bond donors (Lipinski definition) is 2. The topological polar surface area (TPSA) is 94.2 Å². The van der Waals surface area contributed by atoms with Crippen LogP contribution in [-0.4, -0.2) is 74.0 Å². The van der Waals surface area contributed by atoms with Gasteiger partial charge >= 0.3 is 6.03 Å². The van der Waals surface area contributed by atoms with Crippen molar-refractivity contribution in [3.8, 4) is 5.75 Å². The fourth-order valence-corrected chi connectivity index (χ4v) is 5.18. The first kappa shape index (κ1) is 27.1. The second kappa shape index (κ2) is 12.5. The van der Waals surface area contributed by atoms with Gasteiger partial charge in [-0.1, -0.05) is 18.2 Å². The summed E-state index contributed by atoms with van der Waals surface area (Å²) in [6.07, 6.45) is 2.75. The van der Waals surface area contributed by atoms with Gasteiger partial charge in [-0.3, -0.25) is 9.59 Å². The number of methoxy groups -OCH3 is 1. The molecule has 4 amide bonds. The van der Waals surface area contributed by atoms with Crippen LogP contribution in [0.4, 0.5) is 21.9 Å². The predicted molar refractivity (Wildman–Crippen MR) is 156 cm³/mol. The molecule has 0 aliphatic carbocycles. The van der Waals surface area contributed by atoms with Gasteiger partial charge in [-0.15, -0.1) is 0 Å². The molecule has 208 valence electrons. The highest BCUT2D eigenvalue weighted by atomic mass is 16.5. The minimum Gasteiger partial charge on any atom is -0.497 e. The molecule has 9 heteroatoms. The predicted octanol–water partition coefficient (Wildman–Crippen LogP) is 4.93. The number of carbonyl (C=O) groups is 3. The molecule has 0 aromatic heterocycles. The van der Waals surface area contributed by atoms with Crippen LogP contribution in [-0.2, 0) is 0 Å². The molecule has 0 spiro atoms. The Hall–Kier alpha value is -4.53. The summed E-state index contributed by atoms with van der Waals surface area (Å²) in [7, 11) is 1.61. The summed E-state index contributed by atoms with van der Waals surface area (Å²) in [6, 6.07) is 21.7. The van der Waals surface area contributed by atoms with E-state index in [9.17, 15) is 14.4 Å². The number of amides is 4. The summed E-state index contributed by atoms with van der Waals surface area (Å²) in [5.74, 6) is 0.483. The Morgan fingerprint density at radius 1 is 0.700 bits per heavy atom. The first-order valence-electron chi connectivity index (χ1n) is 13.8. The van der Waals surface area contributed by atoms with E-state index >= 15 is 0 Å². The van der Waals surface area contributed by atoms with Crippen molar-refractivity contribution in [2.45, 2.75) is 19.3 Å². The Morgan fingerprint density at radius 2 is 1.40 bits per heavy atom. The van der Waals surface area contributed by atoms with Gasteiger partial charge in [-0.05, 0) is 73.9 Å². The van der Waals surface area contributed by atoms with Crippen molar-refractivity contribution >= 4 is 34.9 Å². The standard InChI is InChI=1S/C31H35N5O4/c1-40-26-13-10-24(11-14-26)33-31(39)36-19-7-18-34(20-21-36)28-15-12-25(32-29(37)23-8-3-2-4-9-23)22-27(28)30(38)35-16-5-6-17-35/h2-4,8-15,22H,5-7,16-21H2,1H3,(H,32,37)(H,33,39). The van der Waals surface area contributed by atoms with Gasteiger partial charge in [0.25, 0.3) is 11.8 Å². The Morgan fingerprint density at radius 3 is 2.12 bits per heavy atom. The summed E-state index contributed by atoms with van der Waals surface area (Å²) in [6.45, 7) is 3.90. The minimum absolute atomic E-state index is 0.0262. The number of ether oxygens (including phenoxy) is 1. The average Bonchev–Trinajstić information content (AvgIpc) is 3.42. The third-order valence-electron chi connectivity index (χ3n) is 7.38. The maximum atomic E-state index is 13.6. The maximum absolute atomic E-state index is 13.6. The summed E-state index contributed by atoms with van der Waals surface area (Å²) in [5, 5.41) is 5.90. The summed E-state index contributed by atoms with van der Waals surface area (Å²) < 4.78 is 5.19. The molecule has 2 N–H and O–H groups in total. The van der Waals surface area contributed by atoms with Crippen LogP contribution in [0.3, 0.4) is 0 Å². The average molecular weight is 542 g/mol. The first-order valence-corrected chi connectivity index (χ1v) is 13.8. The Labute approximate surface area is 234 Å². The summed E-state index contributed by atoms with van der Waals surface area (Å²) >= 11 is 0. The van der Waals surface area contributed by atoms with Crippen molar-refractivity contribution in [3.05, 3.63) is 83.9 Å². The fraction of sp³-hybridized carbons (Fsp3) is 0.323. The maximum Gasteiger partial charge on any atom is 0.321 e. The van der Waals surface area contributed by atoms with Gasteiger partial charge in [0.15, 0.2) is 0 Å². The highest BCUT2D eigenvalue weighted by Gasteiger charge is 2.27.